The summed E-state index contributed by atoms with van der Waals surface area (Å²) in [6.45, 7) is 13.7. The number of anilines is 1. The Balaban J connectivity index is 0.00000137. The summed E-state index contributed by atoms with van der Waals surface area (Å²) in [5.41, 5.74) is 1.88. The van der Waals surface area contributed by atoms with Gasteiger partial charge in [0.05, 0.1) is 0 Å². The summed E-state index contributed by atoms with van der Waals surface area (Å²) >= 11 is 1.67. The zero-order valence-corrected chi connectivity index (χ0v) is 13.0. The molecule has 0 aromatic heterocycles. The van der Waals surface area contributed by atoms with Crippen LogP contribution in [0.2, 0.25) is 0 Å². The molecule has 2 nitrogen and oxygen atoms in total. The first-order valence-electron chi connectivity index (χ1n) is 6.45. The minimum atomic E-state index is 0.137. The molecule has 1 aromatic carbocycles. The highest BCUT2D eigenvalue weighted by atomic mass is 32.2. The van der Waals surface area contributed by atoms with Crippen molar-refractivity contribution in [3.8, 4) is 0 Å². The molecule has 0 aliphatic rings. The van der Waals surface area contributed by atoms with E-state index in [4.69, 9.17) is 0 Å². The second kappa shape index (κ2) is 8.92. The Labute approximate surface area is 116 Å². The summed E-state index contributed by atoms with van der Waals surface area (Å²) in [4.78, 5) is 3.35. The fraction of sp³-hybridized carbons (Fsp3) is 0.467. The molecule has 3 heteroatoms. The third-order valence-corrected chi connectivity index (χ3v) is 3.34. The molecule has 0 aliphatic carbocycles. The molecule has 0 saturated carbocycles. The van der Waals surface area contributed by atoms with Crippen molar-refractivity contribution in [2.75, 3.05) is 24.2 Å². The van der Waals surface area contributed by atoms with Crippen molar-refractivity contribution in [3.05, 3.63) is 30.3 Å². The highest BCUT2D eigenvalue weighted by Crippen LogP contribution is 2.29. The molecular formula is C15H25NOS. The van der Waals surface area contributed by atoms with E-state index in [0.717, 1.165) is 29.2 Å². The summed E-state index contributed by atoms with van der Waals surface area (Å²) in [5.74, 6) is 0.137. The predicted octanol–water partition coefficient (Wildman–Crippen LogP) is 4.81. The summed E-state index contributed by atoms with van der Waals surface area (Å²) < 4.78 is 0. The van der Waals surface area contributed by atoms with Gasteiger partial charge in [-0.25, -0.2) is 0 Å². The lowest BCUT2D eigenvalue weighted by Crippen LogP contribution is -2.23. The number of thioether (sulfide) groups is 1. The van der Waals surface area contributed by atoms with E-state index in [1.165, 1.54) is 0 Å². The Bertz CT molecular complexity index is 373. The first-order valence-corrected chi connectivity index (χ1v) is 7.67. The molecule has 0 unspecified atom stereocenters. The Morgan fingerprint density at radius 3 is 2.22 bits per heavy atom. The van der Waals surface area contributed by atoms with Gasteiger partial charge in [-0.05, 0) is 38.3 Å². The first kappa shape index (κ1) is 16.9. The number of hydrogen-bond acceptors (Lipinski definition) is 3. The van der Waals surface area contributed by atoms with Gasteiger partial charge in [0, 0.05) is 29.2 Å². The van der Waals surface area contributed by atoms with E-state index >= 15 is 0 Å². The minimum absolute atomic E-state index is 0.137. The molecule has 0 radical (unpaired) electrons. The van der Waals surface area contributed by atoms with Crippen LogP contribution in [0.15, 0.2) is 29.7 Å². The van der Waals surface area contributed by atoms with E-state index < -0.39 is 0 Å². The Hall–Kier alpha value is -1.09. The fourth-order valence-corrected chi connectivity index (χ4v) is 2.15. The van der Waals surface area contributed by atoms with Crippen molar-refractivity contribution in [3.63, 3.8) is 0 Å². The zero-order valence-electron chi connectivity index (χ0n) is 12.2. The number of rotatable bonds is 5. The normalized spacial score (nSPS) is 9.39. The third kappa shape index (κ3) is 4.30. The number of aliphatic hydroxyl groups is 1. The maximum atomic E-state index is 9.63. The molecule has 0 fully saturated rings. The van der Waals surface area contributed by atoms with Crippen molar-refractivity contribution in [2.24, 2.45) is 0 Å². The molecule has 0 amide bonds. The van der Waals surface area contributed by atoms with Gasteiger partial charge in [0.1, 0.15) is 5.76 Å². The van der Waals surface area contributed by atoms with E-state index in [2.05, 4.69) is 37.5 Å². The van der Waals surface area contributed by atoms with Crippen LogP contribution in [0.1, 0.15) is 33.3 Å². The van der Waals surface area contributed by atoms with Crippen molar-refractivity contribution in [1.29, 1.82) is 0 Å². The standard InChI is InChI=1S/C13H19NOS.C2H6/c1-5-14(6-2)13-8-7-11(16-4)9-12(13)10(3)15;1-2/h7-9,15H,3,5-6H2,1-2,4H3;1-2H3. The van der Waals surface area contributed by atoms with Crippen LogP contribution in [0.3, 0.4) is 0 Å². The highest BCUT2D eigenvalue weighted by Gasteiger charge is 2.11. The number of benzene rings is 1. The van der Waals surface area contributed by atoms with Gasteiger partial charge in [0.2, 0.25) is 0 Å². The van der Waals surface area contributed by atoms with Gasteiger partial charge in [-0.2, -0.15) is 0 Å². The number of hydrogen-bond donors (Lipinski definition) is 1. The molecule has 102 valence electrons. The van der Waals surface area contributed by atoms with Crippen molar-refractivity contribution in [2.45, 2.75) is 32.6 Å². The van der Waals surface area contributed by atoms with E-state index in [9.17, 15) is 5.11 Å². The van der Waals surface area contributed by atoms with Crippen LogP contribution in [-0.2, 0) is 0 Å². The van der Waals surface area contributed by atoms with Gasteiger partial charge < -0.3 is 10.0 Å². The smallest absolute Gasteiger partial charge is 0.117 e. The molecule has 0 spiro atoms. The summed E-state index contributed by atoms with van der Waals surface area (Å²) in [6.07, 6.45) is 2.02. The molecular weight excluding hydrogens is 242 g/mol. The largest absolute Gasteiger partial charge is 0.508 e. The average molecular weight is 267 g/mol. The summed E-state index contributed by atoms with van der Waals surface area (Å²) in [6, 6.07) is 6.11. The molecule has 1 aromatic rings. The van der Waals surface area contributed by atoms with Gasteiger partial charge in [-0.3, -0.25) is 0 Å². The minimum Gasteiger partial charge on any atom is -0.508 e. The lowest BCUT2D eigenvalue weighted by atomic mass is 10.1. The quantitative estimate of drug-likeness (QED) is 0.612. The zero-order chi connectivity index (χ0) is 14.1. The molecule has 0 saturated heterocycles. The Morgan fingerprint density at radius 1 is 1.28 bits per heavy atom. The van der Waals surface area contributed by atoms with Crippen molar-refractivity contribution >= 4 is 23.2 Å². The fourth-order valence-electron chi connectivity index (χ4n) is 1.71. The maximum Gasteiger partial charge on any atom is 0.117 e. The second-order valence-electron chi connectivity index (χ2n) is 3.50. The summed E-state index contributed by atoms with van der Waals surface area (Å²) in [5, 5.41) is 9.63. The van der Waals surface area contributed by atoms with Crippen LogP contribution in [-0.4, -0.2) is 24.5 Å². The highest BCUT2D eigenvalue weighted by molar-refractivity contribution is 7.98. The number of nitrogens with zero attached hydrogens (tertiary/aromatic N) is 1. The van der Waals surface area contributed by atoms with Crippen LogP contribution in [0.5, 0.6) is 0 Å². The van der Waals surface area contributed by atoms with Crippen molar-refractivity contribution in [1.82, 2.24) is 0 Å². The topological polar surface area (TPSA) is 23.5 Å². The first-order chi connectivity index (χ1) is 8.63. The molecule has 1 rings (SSSR count). The van der Waals surface area contributed by atoms with E-state index in [1.54, 1.807) is 11.8 Å². The van der Waals surface area contributed by atoms with Crippen LogP contribution in [0.4, 0.5) is 5.69 Å². The van der Waals surface area contributed by atoms with Crippen LogP contribution in [0, 0.1) is 0 Å². The third-order valence-electron chi connectivity index (χ3n) is 2.62. The average Bonchev–Trinajstić information content (AvgIpc) is 2.42. The van der Waals surface area contributed by atoms with Crippen LogP contribution >= 0.6 is 11.8 Å². The SMILES string of the molecule is C=C(O)c1cc(SC)ccc1N(CC)CC.CC. The van der Waals surface area contributed by atoms with Gasteiger partial charge in [-0.15, -0.1) is 11.8 Å². The van der Waals surface area contributed by atoms with Gasteiger partial charge in [0.15, 0.2) is 0 Å². The predicted molar refractivity (Wildman–Crippen MR) is 84.8 cm³/mol. The van der Waals surface area contributed by atoms with E-state index in [-0.39, 0.29) is 5.76 Å². The maximum absolute atomic E-state index is 9.63. The van der Waals surface area contributed by atoms with E-state index in [1.807, 2.05) is 26.2 Å². The lowest BCUT2D eigenvalue weighted by Gasteiger charge is -2.24. The molecule has 0 atom stereocenters. The van der Waals surface area contributed by atoms with E-state index in [0.29, 0.717) is 0 Å². The second-order valence-corrected chi connectivity index (χ2v) is 4.38. The van der Waals surface area contributed by atoms with Crippen molar-refractivity contribution < 1.29 is 5.11 Å². The summed E-state index contributed by atoms with van der Waals surface area (Å²) in [7, 11) is 0. The molecule has 0 aliphatic heterocycles. The Morgan fingerprint density at radius 2 is 1.83 bits per heavy atom. The van der Waals surface area contributed by atoms with Gasteiger partial charge in [0.25, 0.3) is 0 Å². The Kier molecular flexibility index (Phi) is 8.38. The molecule has 0 bridgehead atoms. The number of aliphatic hydroxyl groups excluding tert-OH is 1. The molecule has 1 N–H and O–H groups in total. The van der Waals surface area contributed by atoms with Crippen LogP contribution < -0.4 is 4.90 Å². The molecule has 0 heterocycles. The van der Waals surface area contributed by atoms with Crippen LogP contribution in [0.25, 0.3) is 5.76 Å². The monoisotopic (exact) mass is 267 g/mol. The van der Waals surface area contributed by atoms with Gasteiger partial charge >= 0.3 is 0 Å². The molecule has 18 heavy (non-hydrogen) atoms. The lowest BCUT2D eigenvalue weighted by molar-refractivity contribution is 0.513. The van der Waals surface area contributed by atoms with Gasteiger partial charge in [-0.1, -0.05) is 20.4 Å².